The third-order valence-electron chi connectivity index (χ3n) is 2.82. The lowest BCUT2D eigenvalue weighted by Gasteiger charge is -2.12. The van der Waals surface area contributed by atoms with Gasteiger partial charge in [0.15, 0.2) is 5.75 Å². The second-order valence-corrected chi connectivity index (χ2v) is 5.71. The van der Waals surface area contributed by atoms with Crippen LogP contribution < -0.4 is 10.5 Å². The van der Waals surface area contributed by atoms with Crippen molar-refractivity contribution in [2.75, 3.05) is 0 Å². The molecular formula is C14H12BrClN2O3. The third-order valence-corrected chi connectivity index (χ3v) is 3.81. The van der Waals surface area contributed by atoms with Crippen molar-refractivity contribution >= 4 is 33.2 Å². The van der Waals surface area contributed by atoms with E-state index in [0.717, 1.165) is 10.0 Å². The van der Waals surface area contributed by atoms with Gasteiger partial charge in [0, 0.05) is 16.6 Å². The molecular weight excluding hydrogens is 360 g/mol. The van der Waals surface area contributed by atoms with Crippen LogP contribution in [0.4, 0.5) is 5.69 Å². The number of halogens is 2. The summed E-state index contributed by atoms with van der Waals surface area (Å²) >= 11 is 9.41. The monoisotopic (exact) mass is 370 g/mol. The summed E-state index contributed by atoms with van der Waals surface area (Å²) in [7, 11) is 0. The SMILES string of the molecule is C[C@H](N)c1ccc(Oc2cc([N+](=O)[O-])ccc2Cl)cc1Br. The fraction of sp³-hybridized carbons (Fsp3) is 0.143. The minimum absolute atomic E-state index is 0.0827. The van der Waals surface area contributed by atoms with Gasteiger partial charge in [0.1, 0.15) is 5.75 Å². The first-order chi connectivity index (χ1) is 9.88. The molecule has 0 bridgehead atoms. The highest BCUT2D eigenvalue weighted by Gasteiger charge is 2.13. The smallest absolute Gasteiger partial charge is 0.273 e. The summed E-state index contributed by atoms with van der Waals surface area (Å²) in [6.07, 6.45) is 0. The summed E-state index contributed by atoms with van der Waals surface area (Å²) in [6, 6.07) is 9.23. The molecule has 110 valence electrons. The lowest BCUT2D eigenvalue weighted by Crippen LogP contribution is -2.05. The molecule has 0 fully saturated rings. The van der Waals surface area contributed by atoms with Crippen LogP contribution in [-0.2, 0) is 0 Å². The zero-order valence-electron chi connectivity index (χ0n) is 11.0. The molecule has 1 atom stereocenters. The van der Waals surface area contributed by atoms with E-state index in [9.17, 15) is 10.1 Å². The Morgan fingerprint density at radius 2 is 2.05 bits per heavy atom. The molecule has 0 heterocycles. The van der Waals surface area contributed by atoms with Gasteiger partial charge in [-0.25, -0.2) is 0 Å². The normalized spacial score (nSPS) is 12.0. The Morgan fingerprint density at radius 1 is 1.33 bits per heavy atom. The Hall–Kier alpha value is -1.63. The molecule has 0 saturated carbocycles. The predicted molar refractivity (Wildman–Crippen MR) is 84.9 cm³/mol. The number of ether oxygens (including phenoxy) is 1. The fourth-order valence-electron chi connectivity index (χ4n) is 1.75. The Kier molecular flexibility index (Phi) is 4.82. The molecule has 2 rings (SSSR count). The number of nitrogens with two attached hydrogens (primary N) is 1. The summed E-state index contributed by atoms with van der Waals surface area (Å²) in [5, 5.41) is 11.1. The van der Waals surface area contributed by atoms with Crippen LogP contribution in [-0.4, -0.2) is 4.92 Å². The minimum Gasteiger partial charge on any atom is -0.455 e. The number of nitro groups is 1. The van der Waals surface area contributed by atoms with E-state index in [1.165, 1.54) is 18.2 Å². The summed E-state index contributed by atoms with van der Waals surface area (Å²) in [5.41, 5.74) is 6.68. The molecule has 0 aliphatic heterocycles. The van der Waals surface area contributed by atoms with Crippen molar-refractivity contribution in [1.82, 2.24) is 0 Å². The van der Waals surface area contributed by atoms with E-state index in [-0.39, 0.29) is 17.5 Å². The van der Waals surface area contributed by atoms with Crippen molar-refractivity contribution in [1.29, 1.82) is 0 Å². The van der Waals surface area contributed by atoms with E-state index >= 15 is 0 Å². The van der Waals surface area contributed by atoms with E-state index in [1.807, 2.05) is 13.0 Å². The fourth-order valence-corrected chi connectivity index (χ4v) is 2.63. The highest BCUT2D eigenvalue weighted by molar-refractivity contribution is 9.10. The number of benzene rings is 2. The van der Waals surface area contributed by atoms with Crippen LogP contribution >= 0.6 is 27.5 Å². The number of nitro benzene ring substituents is 1. The standard InChI is InChI=1S/C14H12BrClN2O3/c1-8(17)11-4-3-10(7-12(11)15)21-14-6-9(18(19)20)2-5-13(14)16/h2-8H,17H2,1H3/t8-/m0/s1. The van der Waals surface area contributed by atoms with Crippen LogP contribution in [0.5, 0.6) is 11.5 Å². The van der Waals surface area contributed by atoms with E-state index in [0.29, 0.717) is 10.8 Å². The van der Waals surface area contributed by atoms with Crippen molar-refractivity contribution in [2.24, 2.45) is 5.73 Å². The Bertz CT molecular complexity index is 692. The average Bonchev–Trinajstić information content (AvgIpc) is 2.40. The first-order valence-electron chi connectivity index (χ1n) is 6.05. The van der Waals surface area contributed by atoms with Gasteiger partial charge in [0.05, 0.1) is 16.0 Å². The number of nitrogens with zero attached hydrogens (tertiary/aromatic N) is 1. The molecule has 5 nitrogen and oxygen atoms in total. The van der Waals surface area contributed by atoms with E-state index < -0.39 is 4.92 Å². The van der Waals surface area contributed by atoms with Crippen LogP contribution in [0.15, 0.2) is 40.9 Å². The van der Waals surface area contributed by atoms with Crippen LogP contribution in [0.2, 0.25) is 5.02 Å². The Balaban J connectivity index is 2.32. The summed E-state index contributed by atoms with van der Waals surface area (Å²) < 4.78 is 6.41. The lowest BCUT2D eigenvalue weighted by atomic mass is 10.1. The highest BCUT2D eigenvalue weighted by Crippen LogP contribution is 2.34. The van der Waals surface area contributed by atoms with Crippen LogP contribution in [0.1, 0.15) is 18.5 Å². The van der Waals surface area contributed by atoms with E-state index in [1.54, 1.807) is 12.1 Å². The maximum Gasteiger partial charge on any atom is 0.273 e. The summed E-state index contributed by atoms with van der Waals surface area (Å²) in [6.45, 7) is 1.87. The highest BCUT2D eigenvalue weighted by atomic mass is 79.9. The van der Waals surface area contributed by atoms with E-state index in [4.69, 9.17) is 22.1 Å². The van der Waals surface area contributed by atoms with Gasteiger partial charge in [-0.2, -0.15) is 0 Å². The van der Waals surface area contributed by atoms with Gasteiger partial charge in [0.2, 0.25) is 0 Å². The van der Waals surface area contributed by atoms with Gasteiger partial charge in [0.25, 0.3) is 5.69 Å². The lowest BCUT2D eigenvalue weighted by molar-refractivity contribution is -0.384. The van der Waals surface area contributed by atoms with Gasteiger partial charge in [-0.15, -0.1) is 0 Å². The molecule has 7 heteroatoms. The molecule has 0 amide bonds. The zero-order chi connectivity index (χ0) is 15.6. The van der Waals surface area contributed by atoms with Crippen molar-refractivity contribution in [3.05, 3.63) is 61.6 Å². The third kappa shape index (κ3) is 3.72. The molecule has 0 saturated heterocycles. The quantitative estimate of drug-likeness (QED) is 0.617. The molecule has 0 aliphatic rings. The molecule has 0 spiro atoms. The summed E-state index contributed by atoms with van der Waals surface area (Å²) in [4.78, 5) is 10.3. The molecule has 2 aromatic rings. The van der Waals surface area contributed by atoms with Crippen molar-refractivity contribution in [3.8, 4) is 11.5 Å². The van der Waals surface area contributed by atoms with Crippen molar-refractivity contribution in [3.63, 3.8) is 0 Å². The number of rotatable bonds is 4. The number of hydrogen-bond donors (Lipinski definition) is 1. The Morgan fingerprint density at radius 3 is 2.62 bits per heavy atom. The van der Waals surface area contributed by atoms with Crippen molar-refractivity contribution < 1.29 is 9.66 Å². The second-order valence-electron chi connectivity index (χ2n) is 4.45. The maximum atomic E-state index is 10.8. The zero-order valence-corrected chi connectivity index (χ0v) is 13.4. The van der Waals surface area contributed by atoms with Gasteiger partial charge in [-0.1, -0.05) is 33.6 Å². The number of hydrogen-bond acceptors (Lipinski definition) is 4. The van der Waals surface area contributed by atoms with E-state index in [2.05, 4.69) is 15.9 Å². The van der Waals surface area contributed by atoms with Crippen LogP contribution in [0, 0.1) is 10.1 Å². The van der Waals surface area contributed by atoms with Gasteiger partial charge >= 0.3 is 0 Å². The Labute approximate surface area is 134 Å². The van der Waals surface area contributed by atoms with Gasteiger partial charge in [-0.05, 0) is 30.7 Å². The predicted octanol–water partition coefficient (Wildman–Crippen LogP) is 4.82. The first kappa shape index (κ1) is 15.8. The second kappa shape index (κ2) is 6.43. The summed E-state index contributed by atoms with van der Waals surface area (Å²) in [5.74, 6) is 0.736. The molecule has 0 radical (unpaired) electrons. The van der Waals surface area contributed by atoms with Crippen molar-refractivity contribution in [2.45, 2.75) is 13.0 Å². The minimum atomic E-state index is -0.502. The van der Waals surface area contributed by atoms with Crippen LogP contribution in [0.3, 0.4) is 0 Å². The first-order valence-corrected chi connectivity index (χ1v) is 7.22. The molecule has 2 aromatic carbocycles. The topological polar surface area (TPSA) is 78.4 Å². The molecule has 21 heavy (non-hydrogen) atoms. The average molecular weight is 372 g/mol. The maximum absolute atomic E-state index is 10.8. The molecule has 2 N–H and O–H groups in total. The number of non-ortho nitro benzene ring substituents is 1. The van der Waals surface area contributed by atoms with Gasteiger partial charge < -0.3 is 10.5 Å². The van der Waals surface area contributed by atoms with Crippen LogP contribution in [0.25, 0.3) is 0 Å². The largest absolute Gasteiger partial charge is 0.455 e. The molecule has 0 aromatic heterocycles. The van der Waals surface area contributed by atoms with Gasteiger partial charge in [-0.3, -0.25) is 10.1 Å². The molecule has 0 unspecified atom stereocenters. The molecule has 0 aliphatic carbocycles.